The monoisotopic (exact) mass is 448 g/mol. The lowest BCUT2D eigenvalue weighted by atomic mass is 10.2. The Kier molecular flexibility index (Phi) is 5.46. The molecule has 8 nitrogen and oxygen atoms in total. The van der Waals surface area contributed by atoms with Crippen LogP contribution in [0.1, 0.15) is 24.4 Å². The Morgan fingerprint density at radius 1 is 1.07 bits per heavy atom. The number of hydrogen-bond donors (Lipinski definition) is 1. The zero-order valence-corrected chi connectivity index (χ0v) is 17.7. The number of carbonyl (C=O) groups is 1. The van der Waals surface area contributed by atoms with E-state index in [9.17, 15) is 14.4 Å². The number of rotatable bonds is 5. The third-order valence-corrected chi connectivity index (χ3v) is 5.18. The number of hydrogen-bond acceptors (Lipinski definition) is 5. The number of furan rings is 1. The van der Waals surface area contributed by atoms with Crippen molar-refractivity contribution in [1.82, 2.24) is 9.13 Å². The summed E-state index contributed by atoms with van der Waals surface area (Å²) in [5, 5.41) is 2.86. The highest BCUT2D eigenvalue weighted by atomic mass is 79.9. The van der Waals surface area contributed by atoms with E-state index in [1.54, 1.807) is 32.3 Å². The third-order valence-electron chi connectivity index (χ3n) is 4.76. The molecule has 2 heterocycles. The molecule has 0 bridgehead atoms. The standard InChI is InChI=1S/C19H21BrN4O4/c1-5-24(6-2)12-10-14-13(22(3)18(26)19(27)23(14)4)9-11(12)21-17(25)15-7-8-16(20)28-15/h7-10H,5-6H2,1-4H3,(H,21,25). The summed E-state index contributed by atoms with van der Waals surface area (Å²) in [4.78, 5) is 39.1. The van der Waals surface area contributed by atoms with Gasteiger partial charge in [-0.2, -0.15) is 0 Å². The quantitative estimate of drug-likeness (QED) is 0.606. The maximum atomic E-state index is 12.6. The van der Waals surface area contributed by atoms with E-state index >= 15 is 0 Å². The number of nitrogens with zero attached hydrogens (tertiary/aromatic N) is 3. The molecule has 1 amide bonds. The largest absolute Gasteiger partial charge is 0.444 e. The van der Waals surface area contributed by atoms with Gasteiger partial charge in [0.2, 0.25) is 0 Å². The Balaban J connectivity index is 2.24. The van der Waals surface area contributed by atoms with Crippen molar-refractivity contribution in [3.63, 3.8) is 0 Å². The van der Waals surface area contributed by atoms with Crippen LogP contribution in [-0.4, -0.2) is 28.1 Å². The normalized spacial score (nSPS) is 11.0. The molecule has 0 aliphatic rings. The Labute approximate surface area is 169 Å². The molecule has 0 atom stereocenters. The van der Waals surface area contributed by atoms with Crippen LogP contribution < -0.4 is 21.3 Å². The predicted molar refractivity (Wildman–Crippen MR) is 112 cm³/mol. The first kappa shape index (κ1) is 19.9. The van der Waals surface area contributed by atoms with E-state index in [1.165, 1.54) is 9.13 Å². The van der Waals surface area contributed by atoms with Gasteiger partial charge in [0.1, 0.15) is 0 Å². The van der Waals surface area contributed by atoms with Crippen molar-refractivity contribution in [2.75, 3.05) is 23.3 Å². The summed E-state index contributed by atoms with van der Waals surface area (Å²) in [6, 6.07) is 6.73. The minimum atomic E-state index is -0.627. The molecular weight excluding hydrogens is 428 g/mol. The lowest BCUT2D eigenvalue weighted by molar-refractivity contribution is 0.0995. The van der Waals surface area contributed by atoms with Crippen molar-refractivity contribution in [2.45, 2.75) is 13.8 Å². The number of aryl methyl sites for hydroxylation is 2. The number of amides is 1. The van der Waals surface area contributed by atoms with Gasteiger partial charge in [-0.25, -0.2) is 0 Å². The van der Waals surface area contributed by atoms with Crippen molar-refractivity contribution < 1.29 is 9.21 Å². The van der Waals surface area contributed by atoms with Crippen molar-refractivity contribution >= 4 is 44.2 Å². The van der Waals surface area contributed by atoms with E-state index in [1.807, 2.05) is 19.9 Å². The number of fused-ring (bicyclic) bond motifs is 1. The third kappa shape index (κ3) is 3.37. The van der Waals surface area contributed by atoms with Gasteiger partial charge in [-0.1, -0.05) is 0 Å². The van der Waals surface area contributed by atoms with Gasteiger partial charge in [0.25, 0.3) is 5.91 Å². The minimum Gasteiger partial charge on any atom is -0.444 e. The van der Waals surface area contributed by atoms with Crippen molar-refractivity contribution in [1.29, 1.82) is 0 Å². The summed E-state index contributed by atoms with van der Waals surface area (Å²) >= 11 is 3.19. The number of aromatic nitrogens is 2. The summed E-state index contributed by atoms with van der Waals surface area (Å²) in [6.45, 7) is 5.42. The second-order valence-corrected chi connectivity index (χ2v) is 7.10. The van der Waals surface area contributed by atoms with E-state index in [4.69, 9.17) is 4.42 Å². The second-order valence-electron chi connectivity index (χ2n) is 6.32. The van der Waals surface area contributed by atoms with E-state index in [0.29, 0.717) is 34.5 Å². The zero-order chi connectivity index (χ0) is 20.6. The average molecular weight is 449 g/mol. The molecule has 0 fully saturated rings. The van der Waals surface area contributed by atoms with Gasteiger partial charge in [0.15, 0.2) is 10.4 Å². The Morgan fingerprint density at radius 2 is 1.64 bits per heavy atom. The predicted octanol–water partition coefficient (Wildman–Crippen LogP) is 2.69. The molecule has 0 saturated heterocycles. The fourth-order valence-electron chi connectivity index (χ4n) is 3.16. The van der Waals surface area contributed by atoms with Gasteiger partial charge in [-0.3, -0.25) is 14.4 Å². The van der Waals surface area contributed by atoms with Gasteiger partial charge in [-0.05, 0) is 54.0 Å². The topological polar surface area (TPSA) is 89.5 Å². The lowest BCUT2D eigenvalue weighted by Gasteiger charge is -2.25. The van der Waals surface area contributed by atoms with Crippen molar-refractivity contribution in [3.8, 4) is 0 Å². The second kappa shape index (κ2) is 7.67. The molecule has 0 aliphatic heterocycles. The summed E-state index contributed by atoms with van der Waals surface area (Å²) in [5.41, 5.74) is 1.20. The molecule has 28 heavy (non-hydrogen) atoms. The molecule has 3 aromatic rings. The van der Waals surface area contributed by atoms with Crippen LogP contribution in [0.25, 0.3) is 11.0 Å². The summed E-state index contributed by atoms with van der Waals surface area (Å²) in [6.07, 6.45) is 0. The van der Waals surface area contributed by atoms with Crippen LogP contribution >= 0.6 is 15.9 Å². The van der Waals surface area contributed by atoms with Crippen LogP contribution in [0.15, 0.2) is 42.9 Å². The SMILES string of the molecule is CCN(CC)c1cc2c(cc1NC(=O)c1ccc(Br)o1)n(C)c(=O)c(=O)n2C. The first-order valence-electron chi connectivity index (χ1n) is 8.83. The molecule has 0 radical (unpaired) electrons. The number of anilines is 2. The number of carbonyl (C=O) groups excluding carboxylic acids is 1. The van der Waals surface area contributed by atoms with Gasteiger partial charge in [0, 0.05) is 27.2 Å². The Hall–Kier alpha value is -2.81. The van der Waals surface area contributed by atoms with Crippen LogP contribution in [0.4, 0.5) is 11.4 Å². The molecule has 1 aromatic carbocycles. The summed E-state index contributed by atoms with van der Waals surface area (Å²) in [5.74, 6) is -0.250. The van der Waals surface area contributed by atoms with Crippen LogP contribution in [0.5, 0.6) is 0 Å². The van der Waals surface area contributed by atoms with Crippen LogP contribution in [0.3, 0.4) is 0 Å². The molecule has 0 unspecified atom stereocenters. The number of benzene rings is 1. The van der Waals surface area contributed by atoms with E-state index in [2.05, 4.69) is 26.1 Å². The maximum absolute atomic E-state index is 12.6. The van der Waals surface area contributed by atoms with E-state index in [0.717, 1.165) is 5.69 Å². The van der Waals surface area contributed by atoms with Crippen LogP contribution in [0, 0.1) is 0 Å². The minimum absolute atomic E-state index is 0.159. The molecular formula is C19H21BrN4O4. The highest BCUT2D eigenvalue weighted by Gasteiger charge is 2.19. The van der Waals surface area contributed by atoms with Gasteiger partial charge >= 0.3 is 11.1 Å². The smallest absolute Gasteiger partial charge is 0.316 e. The number of halogens is 1. The van der Waals surface area contributed by atoms with Gasteiger partial charge in [0.05, 0.1) is 22.4 Å². The molecule has 9 heteroatoms. The Morgan fingerprint density at radius 3 is 2.14 bits per heavy atom. The fourth-order valence-corrected chi connectivity index (χ4v) is 3.46. The molecule has 2 aromatic heterocycles. The molecule has 148 valence electrons. The van der Waals surface area contributed by atoms with Crippen LogP contribution in [0.2, 0.25) is 0 Å². The molecule has 1 N–H and O–H groups in total. The van der Waals surface area contributed by atoms with Gasteiger partial charge in [-0.15, -0.1) is 0 Å². The first-order valence-corrected chi connectivity index (χ1v) is 9.63. The van der Waals surface area contributed by atoms with Gasteiger partial charge < -0.3 is 23.8 Å². The zero-order valence-electron chi connectivity index (χ0n) is 16.1. The number of nitrogens with one attached hydrogen (secondary N) is 1. The highest BCUT2D eigenvalue weighted by molar-refractivity contribution is 9.10. The van der Waals surface area contributed by atoms with E-state index in [-0.39, 0.29) is 5.76 Å². The molecule has 0 spiro atoms. The molecule has 0 saturated carbocycles. The average Bonchev–Trinajstić information content (AvgIpc) is 3.12. The van der Waals surface area contributed by atoms with Crippen LogP contribution in [-0.2, 0) is 14.1 Å². The molecule has 0 aliphatic carbocycles. The Bertz CT molecular complexity index is 1170. The lowest BCUT2D eigenvalue weighted by Crippen LogP contribution is -2.39. The van der Waals surface area contributed by atoms with Crippen molar-refractivity contribution in [3.05, 3.63) is 55.4 Å². The first-order chi connectivity index (χ1) is 13.3. The van der Waals surface area contributed by atoms with E-state index < -0.39 is 17.0 Å². The maximum Gasteiger partial charge on any atom is 0.316 e. The molecule has 3 rings (SSSR count). The summed E-state index contributed by atoms with van der Waals surface area (Å²) < 4.78 is 8.41. The summed E-state index contributed by atoms with van der Waals surface area (Å²) in [7, 11) is 3.11. The van der Waals surface area contributed by atoms with Crippen molar-refractivity contribution in [2.24, 2.45) is 14.1 Å². The highest BCUT2D eigenvalue weighted by Crippen LogP contribution is 2.31. The fraction of sp³-hybridized carbons (Fsp3) is 0.316.